The molecule has 0 atom stereocenters. The molecule has 0 spiro atoms. The zero-order valence-electron chi connectivity index (χ0n) is 16.5. The van der Waals surface area contributed by atoms with E-state index in [4.69, 9.17) is 16.1 Å². The van der Waals surface area contributed by atoms with Crippen molar-refractivity contribution in [3.63, 3.8) is 0 Å². The lowest BCUT2D eigenvalue weighted by molar-refractivity contribution is -0.116. The molecule has 1 fully saturated rings. The number of anilines is 1. The van der Waals surface area contributed by atoms with Crippen LogP contribution in [0.15, 0.2) is 53.1 Å². The smallest absolute Gasteiger partial charge is 0.227 e. The third kappa shape index (κ3) is 4.64. The number of carbonyl (C=O) groups excluding carboxylic acids is 1. The predicted molar refractivity (Wildman–Crippen MR) is 115 cm³/mol. The fourth-order valence-electron chi connectivity index (χ4n) is 3.20. The first-order chi connectivity index (χ1) is 15.1. The molecule has 1 saturated carbocycles. The van der Waals surface area contributed by atoms with E-state index >= 15 is 0 Å². The molecule has 8 nitrogen and oxygen atoms in total. The average molecular weight is 435 g/mol. The highest BCUT2D eigenvalue weighted by atomic mass is 35.5. The number of hydrogen-bond donors (Lipinski definition) is 2. The van der Waals surface area contributed by atoms with Gasteiger partial charge in [-0.1, -0.05) is 28.9 Å². The molecule has 4 aromatic rings. The number of nitrogens with one attached hydrogen (secondary N) is 2. The quantitative estimate of drug-likeness (QED) is 0.439. The van der Waals surface area contributed by atoms with Gasteiger partial charge in [0.15, 0.2) is 5.82 Å². The van der Waals surface area contributed by atoms with Crippen LogP contribution in [0.4, 0.5) is 5.69 Å². The molecular weight excluding hydrogens is 416 g/mol. The fourth-order valence-corrected chi connectivity index (χ4v) is 3.32. The van der Waals surface area contributed by atoms with E-state index in [2.05, 4.69) is 30.6 Å². The number of benzene rings is 2. The summed E-state index contributed by atoms with van der Waals surface area (Å²) in [5, 5.41) is 14.8. The minimum atomic E-state index is -0.142. The molecule has 156 valence electrons. The van der Waals surface area contributed by atoms with E-state index < -0.39 is 0 Å². The lowest BCUT2D eigenvalue weighted by atomic mass is 10.2. The van der Waals surface area contributed by atoms with Crippen molar-refractivity contribution in [1.82, 2.24) is 25.3 Å². The maximum Gasteiger partial charge on any atom is 0.227 e. The highest BCUT2D eigenvalue weighted by Gasteiger charge is 2.27. The summed E-state index contributed by atoms with van der Waals surface area (Å²) in [5.74, 6) is 2.81. The summed E-state index contributed by atoms with van der Waals surface area (Å²) in [7, 11) is 0. The van der Waals surface area contributed by atoms with Gasteiger partial charge in [0, 0.05) is 40.6 Å². The molecule has 0 unspecified atom stereocenters. The number of nitrogens with zero attached hydrogens (tertiary/aromatic N) is 4. The summed E-state index contributed by atoms with van der Waals surface area (Å²) < 4.78 is 5.26. The standard InChI is InChI=1S/C22H19ClN6O2/c23-16-8-6-14(7-9-16)22-25-19(31-29-22)11-10-18(30)24-17-3-1-2-15(12-17)21-26-20(27-28-21)13-4-5-13/h1-3,6-9,12-13H,4-5,10-11H2,(H,24,30)(H,26,27,28). The van der Waals surface area contributed by atoms with Crippen LogP contribution in [0.1, 0.15) is 36.9 Å². The molecule has 2 aromatic heterocycles. The Morgan fingerprint density at radius 1 is 1.10 bits per heavy atom. The Hall–Kier alpha value is -3.52. The van der Waals surface area contributed by atoms with Gasteiger partial charge in [0.1, 0.15) is 5.82 Å². The third-order valence-corrected chi connectivity index (χ3v) is 5.26. The summed E-state index contributed by atoms with van der Waals surface area (Å²) in [6, 6.07) is 14.7. The van der Waals surface area contributed by atoms with Gasteiger partial charge >= 0.3 is 0 Å². The van der Waals surface area contributed by atoms with Gasteiger partial charge in [0.2, 0.25) is 17.6 Å². The first-order valence-corrected chi connectivity index (χ1v) is 10.4. The molecule has 31 heavy (non-hydrogen) atoms. The molecular formula is C22H19ClN6O2. The Morgan fingerprint density at radius 3 is 2.74 bits per heavy atom. The Balaban J connectivity index is 1.18. The van der Waals surface area contributed by atoms with Crippen molar-refractivity contribution >= 4 is 23.2 Å². The number of aromatic amines is 1. The molecule has 1 aliphatic carbocycles. The maximum atomic E-state index is 12.4. The second-order valence-corrected chi connectivity index (χ2v) is 7.90. The van der Waals surface area contributed by atoms with Crippen LogP contribution in [0.25, 0.3) is 22.8 Å². The van der Waals surface area contributed by atoms with Crippen molar-refractivity contribution in [3.05, 3.63) is 65.3 Å². The van der Waals surface area contributed by atoms with Gasteiger partial charge < -0.3 is 9.84 Å². The van der Waals surface area contributed by atoms with Crippen molar-refractivity contribution in [2.45, 2.75) is 31.6 Å². The van der Waals surface area contributed by atoms with Crippen LogP contribution in [0.5, 0.6) is 0 Å². The number of halogens is 1. The second kappa shape index (κ2) is 8.31. The second-order valence-electron chi connectivity index (χ2n) is 7.47. The minimum absolute atomic E-state index is 0.142. The van der Waals surface area contributed by atoms with Gasteiger partial charge in [-0.2, -0.15) is 10.1 Å². The number of rotatable bonds is 7. The van der Waals surface area contributed by atoms with Crippen molar-refractivity contribution in [3.8, 4) is 22.8 Å². The molecule has 1 amide bonds. The Bertz CT molecular complexity index is 1210. The molecule has 9 heteroatoms. The number of hydrogen-bond acceptors (Lipinski definition) is 6. The average Bonchev–Trinajstić information content (AvgIpc) is 3.32. The monoisotopic (exact) mass is 434 g/mol. The molecule has 0 aliphatic heterocycles. The molecule has 0 radical (unpaired) electrons. The van der Waals surface area contributed by atoms with Crippen molar-refractivity contribution in [2.75, 3.05) is 5.32 Å². The first-order valence-electron chi connectivity index (χ1n) is 10.1. The van der Waals surface area contributed by atoms with E-state index in [0.29, 0.717) is 40.6 Å². The lowest BCUT2D eigenvalue weighted by Crippen LogP contribution is -2.12. The number of H-pyrrole nitrogens is 1. The van der Waals surface area contributed by atoms with E-state index in [0.717, 1.165) is 29.8 Å². The highest BCUT2D eigenvalue weighted by Crippen LogP contribution is 2.38. The van der Waals surface area contributed by atoms with Crippen LogP contribution in [0.2, 0.25) is 5.02 Å². The first kappa shape index (κ1) is 19.4. The van der Waals surface area contributed by atoms with Crippen LogP contribution >= 0.6 is 11.6 Å². The third-order valence-electron chi connectivity index (χ3n) is 5.01. The van der Waals surface area contributed by atoms with Gasteiger partial charge in [-0.3, -0.25) is 9.89 Å². The zero-order chi connectivity index (χ0) is 21.2. The molecule has 0 saturated heterocycles. The number of amides is 1. The van der Waals surface area contributed by atoms with Gasteiger partial charge in [0.25, 0.3) is 0 Å². The highest BCUT2D eigenvalue weighted by molar-refractivity contribution is 6.30. The summed E-state index contributed by atoms with van der Waals surface area (Å²) in [5.41, 5.74) is 2.34. The Morgan fingerprint density at radius 2 is 1.94 bits per heavy atom. The van der Waals surface area contributed by atoms with Crippen molar-refractivity contribution < 1.29 is 9.32 Å². The molecule has 2 heterocycles. The van der Waals surface area contributed by atoms with Crippen LogP contribution in [-0.2, 0) is 11.2 Å². The number of aromatic nitrogens is 5. The van der Waals surface area contributed by atoms with Crippen molar-refractivity contribution in [2.24, 2.45) is 0 Å². The van der Waals surface area contributed by atoms with Gasteiger partial charge in [0.05, 0.1) is 0 Å². The van der Waals surface area contributed by atoms with Gasteiger partial charge in [-0.15, -0.1) is 0 Å². The van der Waals surface area contributed by atoms with Gasteiger partial charge in [-0.05, 0) is 49.2 Å². The van der Waals surface area contributed by atoms with E-state index in [1.807, 2.05) is 36.4 Å². The molecule has 1 aliphatic rings. The van der Waals surface area contributed by atoms with Crippen LogP contribution in [0.3, 0.4) is 0 Å². The van der Waals surface area contributed by atoms with E-state index in [-0.39, 0.29) is 12.3 Å². The topological polar surface area (TPSA) is 110 Å². The molecule has 0 bridgehead atoms. The number of carbonyl (C=O) groups is 1. The molecule has 2 N–H and O–H groups in total. The lowest BCUT2D eigenvalue weighted by Gasteiger charge is -2.05. The summed E-state index contributed by atoms with van der Waals surface area (Å²) in [4.78, 5) is 21.3. The summed E-state index contributed by atoms with van der Waals surface area (Å²) >= 11 is 5.90. The van der Waals surface area contributed by atoms with E-state index in [9.17, 15) is 4.79 Å². The van der Waals surface area contributed by atoms with Crippen molar-refractivity contribution in [1.29, 1.82) is 0 Å². The van der Waals surface area contributed by atoms with E-state index in [1.165, 1.54) is 0 Å². The SMILES string of the molecule is O=C(CCc1nc(-c2ccc(Cl)cc2)no1)Nc1cccc(-c2n[nH]c(C3CC3)n2)c1. The fraction of sp³-hybridized carbons (Fsp3) is 0.227. The Kier molecular flexibility index (Phi) is 5.21. The Labute approximate surface area is 183 Å². The minimum Gasteiger partial charge on any atom is -0.339 e. The van der Waals surface area contributed by atoms with Gasteiger partial charge in [-0.25, -0.2) is 4.98 Å². The molecule has 5 rings (SSSR count). The summed E-state index contributed by atoms with van der Waals surface area (Å²) in [6.07, 6.45) is 2.88. The predicted octanol–water partition coefficient (Wildman–Crippen LogP) is 4.62. The normalized spacial score (nSPS) is 13.3. The van der Waals surface area contributed by atoms with Crippen LogP contribution in [0, 0.1) is 0 Å². The largest absolute Gasteiger partial charge is 0.339 e. The summed E-state index contributed by atoms with van der Waals surface area (Å²) in [6.45, 7) is 0. The molecule has 2 aromatic carbocycles. The van der Waals surface area contributed by atoms with E-state index in [1.54, 1.807) is 12.1 Å². The zero-order valence-corrected chi connectivity index (χ0v) is 17.3. The van der Waals surface area contributed by atoms with Crippen LogP contribution < -0.4 is 5.32 Å². The number of aryl methyl sites for hydroxylation is 1. The van der Waals surface area contributed by atoms with Crippen LogP contribution in [-0.4, -0.2) is 31.2 Å². The maximum absolute atomic E-state index is 12.4.